The van der Waals surface area contributed by atoms with Crippen molar-refractivity contribution in [3.63, 3.8) is 0 Å². The Balaban J connectivity index is 2.25. The molecular formula is C12H24N2O2S. The van der Waals surface area contributed by atoms with Crippen LogP contribution < -0.4 is 5.32 Å². The van der Waals surface area contributed by atoms with Gasteiger partial charge in [-0.1, -0.05) is 6.92 Å². The summed E-state index contributed by atoms with van der Waals surface area (Å²) in [6.07, 6.45) is 0.614. The molecule has 0 bridgehead atoms. The van der Waals surface area contributed by atoms with Crippen molar-refractivity contribution >= 4 is 17.7 Å². The summed E-state index contributed by atoms with van der Waals surface area (Å²) in [5.41, 5.74) is 0. The second kappa shape index (κ2) is 7.95. The highest BCUT2D eigenvalue weighted by molar-refractivity contribution is 7.99. The summed E-state index contributed by atoms with van der Waals surface area (Å²) in [7, 11) is 3.58. The van der Waals surface area contributed by atoms with Crippen molar-refractivity contribution in [1.82, 2.24) is 10.2 Å². The molecular weight excluding hydrogens is 236 g/mol. The van der Waals surface area contributed by atoms with Crippen LogP contribution in [0.2, 0.25) is 0 Å². The van der Waals surface area contributed by atoms with Gasteiger partial charge in [-0.05, 0) is 5.92 Å². The molecule has 0 aromatic rings. The van der Waals surface area contributed by atoms with Crippen LogP contribution in [0.25, 0.3) is 0 Å². The largest absolute Gasteiger partial charge is 0.384 e. The van der Waals surface area contributed by atoms with Crippen molar-refractivity contribution in [3.8, 4) is 0 Å². The summed E-state index contributed by atoms with van der Waals surface area (Å²) < 4.78 is 5.08. The van der Waals surface area contributed by atoms with Crippen molar-refractivity contribution in [2.75, 3.05) is 45.4 Å². The molecule has 1 heterocycles. The molecule has 1 aliphatic rings. The zero-order valence-electron chi connectivity index (χ0n) is 11.1. The van der Waals surface area contributed by atoms with E-state index in [1.165, 1.54) is 0 Å². The third kappa shape index (κ3) is 5.75. The van der Waals surface area contributed by atoms with Crippen LogP contribution >= 0.6 is 11.8 Å². The number of methoxy groups -OCH3 is 1. The van der Waals surface area contributed by atoms with Gasteiger partial charge in [0.1, 0.15) is 0 Å². The standard InChI is InChI=1S/C12H24N2O2S/c1-10(8-16-3)7-14(2)12(15)6-11-9-17-5-4-13-11/h10-11,13H,4-9H2,1-3H3. The first kappa shape index (κ1) is 14.8. The summed E-state index contributed by atoms with van der Waals surface area (Å²) >= 11 is 1.93. The van der Waals surface area contributed by atoms with Crippen LogP contribution in [0, 0.1) is 5.92 Å². The number of thioether (sulfide) groups is 1. The Morgan fingerprint density at radius 1 is 1.65 bits per heavy atom. The molecule has 1 rings (SSSR count). The highest BCUT2D eigenvalue weighted by atomic mass is 32.2. The molecule has 1 saturated heterocycles. The van der Waals surface area contributed by atoms with Crippen molar-refractivity contribution in [3.05, 3.63) is 0 Å². The number of carbonyl (C=O) groups excluding carboxylic acids is 1. The van der Waals surface area contributed by atoms with E-state index < -0.39 is 0 Å². The van der Waals surface area contributed by atoms with E-state index in [1.54, 1.807) is 7.11 Å². The molecule has 0 aromatic heterocycles. The Labute approximate surface area is 108 Å². The Kier molecular flexibility index (Phi) is 6.92. The van der Waals surface area contributed by atoms with Crippen molar-refractivity contribution < 1.29 is 9.53 Å². The maximum atomic E-state index is 12.0. The molecule has 1 N–H and O–H groups in total. The van der Waals surface area contributed by atoms with E-state index in [0.29, 0.717) is 25.0 Å². The number of ether oxygens (including phenoxy) is 1. The Bertz CT molecular complexity index is 233. The summed E-state index contributed by atoms with van der Waals surface area (Å²) in [6, 6.07) is 0.349. The van der Waals surface area contributed by atoms with Crippen LogP contribution in [0.5, 0.6) is 0 Å². The quantitative estimate of drug-likeness (QED) is 0.768. The number of amides is 1. The molecule has 2 unspecified atom stereocenters. The highest BCUT2D eigenvalue weighted by Gasteiger charge is 2.19. The van der Waals surface area contributed by atoms with E-state index in [4.69, 9.17) is 4.74 Å². The van der Waals surface area contributed by atoms with Gasteiger partial charge >= 0.3 is 0 Å². The van der Waals surface area contributed by atoms with E-state index in [-0.39, 0.29) is 5.91 Å². The second-order valence-corrected chi connectivity index (χ2v) is 5.91. The van der Waals surface area contributed by atoms with Gasteiger partial charge in [-0.15, -0.1) is 0 Å². The van der Waals surface area contributed by atoms with Gasteiger partial charge < -0.3 is 15.0 Å². The molecule has 4 nitrogen and oxygen atoms in total. The molecule has 1 fully saturated rings. The minimum Gasteiger partial charge on any atom is -0.384 e. The first-order valence-electron chi connectivity index (χ1n) is 6.17. The minimum absolute atomic E-state index is 0.230. The Morgan fingerprint density at radius 2 is 2.41 bits per heavy atom. The summed E-state index contributed by atoms with van der Waals surface area (Å²) in [4.78, 5) is 13.8. The van der Waals surface area contributed by atoms with Crippen molar-refractivity contribution in [1.29, 1.82) is 0 Å². The lowest BCUT2D eigenvalue weighted by atomic mass is 10.1. The van der Waals surface area contributed by atoms with E-state index in [0.717, 1.165) is 24.6 Å². The predicted octanol–water partition coefficient (Wildman–Crippen LogP) is 0.822. The van der Waals surface area contributed by atoms with E-state index in [9.17, 15) is 4.79 Å². The van der Waals surface area contributed by atoms with Gasteiger partial charge in [-0.3, -0.25) is 4.79 Å². The molecule has 0 saturated carbocycles. The zero-order chi connectivity index (χ0) is 12.7. The van der Waals surface area contributed by atoms with Gasteiger partial charge in [0.05, 0.1) is 6.61 Å². The Morgan fingerprint density at radius 3 is 3.00 bits per heavy atom. The molecule has 1 aliphatic heterocycles. The zero-order valence-corrected chi connectivity index (χ0v) is 11.9. The molecule has 0 aromatic carbocycles. The number of hydrogen-bond acceptors (Lipinski definition) is 4. The lowest BCUT2D eigenvalue weighted by Gasteiger charge is -2.26. The number of nitrogens with one attached hydrogen (secondary N) is 1. The number of rotatable bonds is 6. The van der Waals surface area contributed by atoms with Crippen LogP contribution in [0.15, 0.2) is 0 Å². The monoisotopic (exact) mass is 260 g/mol. The summed E-state index contributed by atoms with van der Waals surface area (Å²) in [5.74, 6) is 2.83. The SMILES string of the molecule is COCC(C)CN(C)C(=O)CC1CSCCN1. The first-order valence-corrected chi connectivity index (χ1v) is 7.33. The van der Waals surface area contributed by atoms with Crippen molar-refractivity contribution in [2.24, 2.45) is 5.92 Å². The van der Waals surface area contributed by atoms with E-state index in [1.807, 2.05) is 23.7 Å². The van der Waals surface area contributed by atoms with Crippen LogP contribution in [0.4, 0.5) is 0 Å². The number of carbonyl (C=O) groups is 1. The molecule has 100 valence electrons. The fraction of sp³-hybridized carbons (Fsp3) is 0.917. The maximum absolute atomic E-state index is 12.0. The van der Waals surface area contributed by atoms with Gasteiger partial charge in [0.15, 0.2) is 0 Å². The highest BCUT2D eigenvalue weighted by Crippen LogP contribution is 2.11. The lowest BCUT2D eigenvalue weighted by molar-refractivity contribution is -0.131. The molecule has 5 heteroatoms. The van der Waals surface area contributed by atoms with Crippen LogP contribution in [0.3, 0.4) is 0 Å². The molecule has 2 atom stereocenters. The molecule has 17 heavy (non-hydrogen) atoms. The topological polar surface area (TPSA) is 41.6 Å². The van der Waals surface area contributed by atoms with Crippen molar-refractivity contribution in [2.45, 2.75) is 19.4 Å². The number of nitrogens with zero attached hydrogens (tertiary/aromatic N) is 1. The van der Waals surface area contributed by atoms with Crippen LogP contribution in [0.1, 0.15) is 13.3 Å². The van der Waals surface area contributed by atoms with Crippen LogP contribution in [-0.2, 0) is 9.53 Å². The smallest absolute Gasteiger partial charge is 0.223 e. The fourth-order valence-corrected chi connectivity index (χ4v) is 2.97. The normalized spacial score (nSPS) is 22.2. The van der Waals surface area contributed by atoms with Gasteiger partial charge in [-0.2, -0.15) is 11.8 Å². The molecule has 1 amide bonds. The van der Waals surface area contributed by atoms with E-state index in [2.05, 4.69) is 12.2 Å². The third-order valence-corrected chi connectivity index (χ3v) is 4.01. The predicted molar refractivity (Wildman–Crippen MR) is 72.4 cm³/mol. The average Bonchev–Trinajstić information content (AvgIpc) is 2.30. The Hall–Kier alpha value is -0.260. The molecule has 0 radical (unpaired) electrons. The number of hydrogen-bond donors (Lipinski definition) is 1. The molecule has 0 spiro atoms. The minimum atomic E-state index is 0.230. The average molecular weight is 260 g/mol. The summed E-state index contributed by atoms with van der Waals surface area (Å²) in [5, 5.41) is 3.39. The van der Waals surface area contributed by atoms with Gasteiger partial charge in [-0.25, -0.2) is 0 Å². The van der Waals surface area contributed by atoms with Gasteiger partial charge in [0.25, 0.3) is 0 Å². The second-order valence-electron chi connectivity index (χ2n) is 4.76. The maximum Gasteiger partial charge on any atom is 0.223 e. The fourth-order valence-electron chi connectivity index (χ4n) is 2.02. The van der Waals surface area contributed by atoms with Gasteiger partial charge in [0, 0.05) is 51.2 Å². The first-order chi connectivity index (χ1) is 8.13. The van der Waals surface area contributed by atoms with E-state index >= 15 is 0 Å². The molecule has 0 aliphatic carbocycles. The van der Waals surface area contributed by atoms with Crippen LogP contribution in [-0.4, -0.2) is 62.2 Å². The summed E-state index contributed by atoms with van der Waals surface area (Å²) in [6.45, 7) is 4.59. The van der Waals surface area contributed by atoms with Gasteiger partial charge in [0.2, 0.25) is 5.91 Å². The lowest BCUT2D eigenvalue weighted by Crippen LogP contribution is -2.42. The third-order valence-electron chi connectivity index (χ3n) is 2.88.